The quantitative estimate of drug-likeness (QED) is 0.753. The van der Waals surface area contributed by atoms with Crippen molar-refractivity contribution >= 4 is 17.1 Å². The van der Waals surface area contributed by atoms with Crippen LogP contribution in [0.2, 0.25) is 0 Å². The predicted molar refractivity (Wildman–Crippen MR) is 115 cm³/mol. The van der Waals surface area contributed by atoms with Gasteiger partial charge < -0.3 is 24.7 Å². The summed E-state index contributed by atoms with van der Waals surface area (Å²) in [5.74, 6) is 1.13. The topological polar surface area (TPSA) is 104 Å². The number of ketones is 1. The Balaban J connectivity index is 1.86. The van der Waals surface area contributed by atoms with Gasteiger partial charge in [0.05, 0.1) is 27.2 Å². The molecule has 0 saturated carbocycles. The summed E-state index contributed by atoms with van der Waals surface area (Å²) in [5, 5.41) is 11.8. The lowest BCUT2D eigenvalue weighted by molar-refractivity contribution is -0.117. The van der Waals surface area contributed by atoms with Crippen LogP contribution < -0.4 is 19.9 Å². The van der Waals surface area contributed by atoms with E-state index in [1.807, 2.05) is 17.5 Å². The minimum absolute atomic E-state index is 0.0135. The molecule has 8 heteroatoms. The van der Waals surface area contributed by atoms with E-state index in [1.165, 1.54) is 21.3 Å². The molecular formula is C23H22N2O5S. The molecule has 1 aromatic heterocycles. The van der Waals surface area contributed by atoms with Crippen LogP contribution in [0.3, 0.4) is 0 Å². The molecule has 2 N–H and O–H groups in total. The van der Waals surface area contributed by atoms with Crippen molar-refractivity contribution in [2.24, 2.45) is 5.73 Å². The summed E-state index contributed by atoms with van der Waals surface area (Å²) >= 11 is 1.61. The van der Waals surface area contributed by atoms with Gasteiger partial charge in [0.2, 0.25) is 11.6 Å². The van der Waals surface area contributed by atoms with E-state index >= 15 is 0 Å². The van der Waals surface area contributed by atoms with Crippen LogP contribution in [0.15, 0.2) is 52.4 Å². The molecule has 0 amide bonds. The number of allylic oxidation sites excluding steroid dienone is 3. The molecule has 2 unspecified atom stereocenters. The molecule has 2 aromatic rings. The molecule has 2 aliphatic rings. The van der Waals surface area contributed by atoms with Gasteiger partial charge in [0, 0.05) is 29.2 Å². The first-order valence-corrected chi connectivity index (χ1v) is 10.6. The van der Waals surface area contributed by atoms with Gasteiger partial charge in [-0.2, -0.15) is 5.26 Å². The highest BCUT2D eigenvalue weighted by atomic mass is 32.1. The third-order valence-electron chi connectivity index (χ3n) is 5.63. The molecule has 0 spiro atoms. The minimum atomic E-state index is -0.667. The van der Waals surface area contributed by atoms with E-state index in [-0.39, 0.29) is 23.2 Å². The van der Waals surface area contributed by atoms with Gasteiger partial charge in [0.15, 0.2) is 17.3 Å². The lowest BCUT2D eigenvalue weighted by atomic mass is 9.74. The Morgan fingerprint density at radius 3 is 2.42 bits per heavy atom. The molecule has 1 aliphatic heterocycles. The number of ether oxygens (including phenoxy) is 4. The summed E-state index contributed by atoms with van der Waals surface area (Å²) in [4.78, 5) is 14.5. The normalized spacial score (nSPS) is 20.6. The van der Waals surface area contributed by atoms with Gasteiger partial charge >= 0.3 is 0 Å². The van der Waals surface area contributed by atoms with Crippen LogP contribution in [0.4, 0.5) is 0 Å². The second kappa shape index (κ2) is 8.36. The fourth-order valence-corrected chi connectivity index (χ4v) is 5.06. The molecule has 31 heavy (non-hydrogen) atoms. The van der Waals surface area contributed by atoms with Crippen molar-refractivity contribution in [1.29, 1.82) is 5.26 Å². The Morgan fingerprint density at radius 1 is 1.16 bits per heavy atom. The summed E-state index contributed by atoms with van der Waals surface area (Å²) in [5.41, 5.74) is 7.44. The number of carbonyl (C=O) groups is 1. The third-order valence-corrected chi connectivity index (χ3v) is 6.66. The van der Waals surface area contributed by atoms with Crippen molar-refractivity contribution in [3.05, 3.63) is 62.9 Å². The maximum atomic E-state index is 13.3. The van der Waals surface area contributed by atoms with Gasteiger partial charge in [-0.05, 0) is 29.1 Å². The van der Waals surface area contributed by atoms with E-state index in [4.69, 9.17) is 24.7 Å². The first-order valence-electron chi connectivity index (χ1n) is 9.69. The standard InChI is InChI=1S/C23H22N2O5S/c1-27-17-9-13(10-18(28-2)22(17)29-3)20-14(11-24)23(25)30-16-8-12(7-15(26)21(16)20)19-5-4-6-31-19/h4-6,9-10,12,20H,7-8,25H2,1-3H3. The number of nitrogens with zero attached hydrogens (tertiary/aromatic N) is 1. The fourth-order valence-electron chi connectivity index (χ4n) is 4.23. The van der Waals surface area contributed by atoms with Crippen molar-refractivity contribution in [2.45, 2.75) is 24.7 Å². The van der Waals surface area contributed by atoms with E-state index in [1.54, 1.807) is 23.5 Å². The number of thiophene rings is 1. The molecule has 2 atom stereocenters. The summed E-state index contributed by atoms with van der Waals surface area (Å²) in [6.45, 7) is 0. The number of carbonyl (C=O) groups excluding carboxylic acids is 1. The third kappa shape index (κ3) is 3.51. The van der Waals surface area contributed by atoms with E-state index in [2.05, 4.69) is 6.07 Å². The summed E-state index contributed by atoms with van der Waals surface area (Å²) in [6, 6.07) is 9.60. The Hall–Kier alpha value is -3.44. The Kier molecular flexibility index (Phi) is 5.61. The van der Waals surface area contributed by atoms with Crippen molar-refractivity contribution in [2.75, 3.05) is 21.3 Å². The minimum Gasteiger partial charge on any atom is -0.493 e. The fraction of sp³-hybridized carbons (Fsp3) is 0.304. The lowest BCUT2D eigenvalue weighted by Crippen LogP contribution is -2.29. The predicted octanol–water partition coefficient (Wildman–Crippen LogP) is 3.98. The molecule has 1 aromatic carbocycles. The number of nitrogens with two attached hydrogens (primary N) is 1. The lowest BCUT2D eigenvalue weighted by Gasteiger charge is -2.34. The van der Waals surface area contributed by atoms with Gasteiger partial charge in [0.1, 0.15) is 17.4 Å². The number of hydrogen-bond acceptors (Lipinski definition) is 8. The average molecular weight is 439 g/mol. The number of methoxy groups -OCH3 is 3. The van der Waals surface area contributed by atoms with Crippen LogP contribution >= 0.6 is 11.3 Å². The zero-order valence-corrected chi connectivity index (χ0v) is 18.2. The highest BCUT2D eigenvalue weighted by molar-refractivity contribution is 7.10. The maximum absolute atomic E-state index is 13.3. The average Bonchev–Trinajstić information content (AvgIpc) is 3.32. The Bertz CT molecular complexity index is 1100. The smallest absolute Gasteiger partial charge is 0.205 e. The molecule has 4 rings (SSSR count). The van der Waals surface area contributed by atoms with E-state index in [9.17, 15) is 10.1 Å². The van der Waals surface area contributed by atoms with Crippen molar-refractivity contribution in [1.82, 2.24) is 0 Å². The molecule has 0 radical (unpaired) electrons. The van der Waals surface area contributed by atoms with Gasteiger partial charge in [0.25, 0.3) is 0 Å². The molecule has 7 nitrogen and oxygen atoms in total. The van der Waals surface area contributed by atoms with Crippen molar-refractivity contribution in [3.8, 4) is 23.3 Å². The SMILES string of the molecule is COc1cc(C2C(C#N)=C(N)OC3=C2C(=O)CC(c2cccs2)C3)cc(OC)c1OC. The monoisotopic (exact) mass is 438 g/mol. The van der Waals surface area contributed by atoms with Crippen LogP contribution in [0.5, 0.6) is 17.2 Å². The maximum Gasteiger partial charge on any atom is 0.205 e. The molecule has 2 heterocycles. The second-order valence-corrected chi connectivity index (χ2v) is 8.24. The van der Waals surface area contributed by atoms with Gasteiger partial charge in [-0.25, -0.2) is 0 Å². The molecule has 160 valence electrons. The van der Waals surface area contributed by atoms with E-state index in [0.717, 1.165) is 4.88 Å². The van der Waals surface area contributed by atoms with Crippen LogP contribution in [0, 0.1) is 11.3 Å². The number of Topliss-reactive ketones (excluding diaryl/α,β-unsaturated/α-hetero) is 1. The Labute approximate surface area is 184 Å². The highest BCUT2D eigenvalue weighted by Crippen LogP contribution is 2.49. The first kappa shape index (κ1) is 20.8. The van der Waals surface area contributed by atoms with Gasteiger partial charge in [-0.1, -0.05) is 6.07 Å². The summed E-state index contributed by atoms with van der Waals surface area (Å²) in [6.07, 6.45) is 0.893. The molecular weight excluding hydrogens is 416 g/mol. The number of hydrogen-bond donors (Lipinski definition) is 1. The summed E-state index contributed by atoms with van der Waals surface area (Å²) in [7, 11) is 4.55. The molecule has 1 aliphatic carbocycles. The van der Waals surface area contributed by atoms with Gasteiger partial charge in [-0.15, -0.1) is 11.3 Å². The number of benzene rings is 1. The van der Waals surface area contributed by atoms with Crippen molar-refractivity contribution in [3.63, 3.8) is 0 Å². The number of rotatable bonds is 5. The van der Waals surface area contributed by atoms with E-state index < -0.39 is 5.92 Å². The van der Waals surface area contributed by atoms with Crippen LogP contribution in [0.25, 0.3) is 0 Å². The van der Waals surface area contributed by atoms with Crippen molar-refractivity contribution < 1.29 is 23.7 Å². The molecule has 0 bridgehead atoms. The highest BCUT2D eigenvalue weighted by Gasteiger charge is 2.41. The van der Waals surface area contributed by atoms with Gasteiger partial charge in [-0.3, -0.25) is 4.79 Å². The Morgan fingerprint density at radius 2 is 1.87 bits per heavy atom. The zero-order valence-electron chi connectivity index (χ0n) is 17.4. The van der Waals surface area contributed by atoms with Crippen LogP contribution in [0.1, 0.15) is 35.1 Å². The van der Waals surface area contributed by atoms with E-state index in [0.29, 0.717) is 47.0 Å². The second-order valence-electron chi connectivity index (χ2n) is 7.26. The summed E-state index contributed by atoms with van der Waals surface area (Å²) < 4.78 is 22.2. The van der Waals surface area contributed by atoms with Crippen LogP contribution in [-0.2, 0) is 9.53 Å². The first-order chi connectivity index (χ1) is 15.0. The zero-order chi connectivity index (χ0) is 22.1. The molecule has 0 saturated heterocycles. The van der Waals surface area contributed by atoms with Crippen LogP contribution in [-0.4, -0.2) is 27.1 Å². The number of nitriles is 1. The largest absolute Gasteiger partial charge is 0.493 e. The molecule has 0 fully saturated rings.